The van der Waals surface area contributed by atoms with Crippen LogP contribution >= 0.6 is 15.9 Å². The average Bonchev–Trinajstić information content (AvgIpc) is 2.99. The minimum absolute atomic E-state index is 0.0719. The van der Waals surface area contributed by atoms with Crippen LogP contribution in [-0.2, 0) is 14.8 Å². The summed E-state index contributed by atoms with van der Waals surface area (Å²) >= 11 is 3.06. The van der Waals surface area contributed by atoms with Gasteiger partial charge in [-0.3, -0.25) is 4.90 Å². The predicted octanol–water partition coefficient (Wildman–Crippen LogP) is 5.23. The van der Waals surface area contributed by atoms with Crippen LogP contribution in [0.2, 0.25) is 0 Å². The summed E-state index contributed by atoms with van der Waals surface area (Å²) in [6, 6.07) is 11.3. The number of benzene rings is 2. The molecule has 5 rings (SSSR count). The summed E-state index contributed by atoms with van der Waals surface area (Å²) in [7, 11) is -4.21. The lowest BCUT2D eigenvalue weighted by Gasteiger charge is -2.29. The number of alkyl halides is 3. The summed E-state index contributed by atoms with van der Waals surface area (Å²) in [6.45, 7) is 5.85. The largest absolute Gasteiger partial charge is 0.573 e. The number of morpholine rings is 1. The molecule has 0 atom stereocenters. The van der Waals surface area contributed by atoms with Gasteiger partial charge in [0.15, 0.2) is 5.75 Å². The second-order valence-corrected chi connectivity index (χ2v) is 13.7. The van der Waals surface area contributed by atoms with Crippen molar-refractivity contribution in [1.29, 1.82) is 0 Å². The lowest BCUT2D eigenvalue weighted by molar-refractivity contribution is -0.275. The number of fused-ring (bicyclic) bond motifs is 1. The van der Waals surface area contributed by atoms with E-state index >= 15 is 0 Å². The fraction of sp³-hybridized carbons (Fsp3) is 0.517. The minimum Gasteiger partial charge on any atom is -0.404 e. The summed E-state index contributed by atoms with van der Waals surface area (Å²) in [6.07, 6.45) is -1.70. The summed E-state index contributed by atoms with van der Waals surface area (Å²) < 4.78 is 76.5. The Balaban J connectivity index is 1.12. The molecule has 0 spiro atoms. The highest BCUT2D eigenvalue weighted by molar-refractivity contribution is 9.10. The maximum atomic E-state index is 12.9. The maximum absolute atomic E-state index is 12.9. The van der Waals surface area contributed by atoms with E-state index in [-0.39, 0.29) is 16.9 Å². The molecule has 1 aliphatic heterocycles. The van der Waals surface area contributed by atoms with Crippen LogP contribution in [0.25, 0.3) is 10.9 Å². The molecule has 2 aromatic carbocycles. The van der Waals surface area contributed by atoms with Crippen LogP contribution in [0.3, 0.4) is 0 Å². The number of sulfonamides is 1. The number of hydrogen-bond donors (Lipinski definition) is 3. The van der Waals surface area contributed by atoms with Gasteiger partial charge in [0.05, 0.1) is 18.7 Å². The van der Waals surface area contributed by atoms with Crippen molar-refractivity contribution in [3.63, 3.8) is 0 Å². The second-order valence-electron chi connectivity index (χ2n) is 11.1. The monoisotopic (exact) mass is 700 g/mol. The molecule has 1 aromatic heterocycles. The molecule has 10 nitrogen and oxygen atoms in total. The Hall–Kier alpha value is -2.72. The van der Waals surface area contributed by atoms with Gasteiger partial charge in [0, 0.05) is 49.1 Å². The van der Waals surface area contributed by atoms with Crippen molar-refractivity contribution >= 4 is 48.6 Å². The van der Waals surface area contributed by atoms with Crippen LogP contribution < -0.4 is 20.1 Å². The molecule has 0 unspecified atom stereocenters. The third-order valence-corrected chi connectivity index (χ3v) is 9.88. The van der Waals surface area contributed by atoms with Crippen LogP contribution in [0.15, 0.2) is 51.8 Å². The van der Waals surface area contributed by atoms with Gasteiger partial charge in [0.1, 0.15) is 10.7 Å². The summed E-state index contributed by atoms with van der Waals surface area (Å²) in [5.74, 6) is 0.993. The van der Waals surface area contributed by atoms with Crippen LogP contribution in [0.4, 0.5) is 24.9 Å². The molecule has 1 saturated carbocycles. The SMILES string of the molecule is O=S(=O)(NC[C@H]1CC[C@H](CNc2nc(NCCN3CCOCC3)c3ccccc3n2)CC1)c1ccc(Br)cc1OC(F)(F)F. The molecular formula is C29H36BrF3N6O4S. The molecule has 0 amide bonds. The Bertz CT molecular complexity index is 1520. The molecule has 1 aliphatic carbocycles. The molecule has 0 radical (unpaired) electrons. The van der Waals surface area contributed by atoms with Crippen molar-refractivity contribution in [2.75, 3.05) is 63.1 Å². The molecule has 2 fully saturated rings. The van der Waals surface area contributed by atoms with Crippen LogP contribution in [0.1, 0.15) is 25.7 Å². The Kier molecular flexibility index (Phi) is 10.8. The van der Waals surface area contributed by atoms with Crippen LogP contribution in [0.5, 0.6) is 5.75 Å². The zero-order valence-electron chi connectivity index (χ0n) is 24.1. The zero-order valence-corrected chi connectivity index (χ0v) is 26.5. The fourth-order valence-electron chi connectivity index (χ4n) is 5.54. The van der Waals surface area contributed by atoms with E-state index in [9.17, 15) is 21.6 Å². The third kappa shape index (κ3) is 9.16. The smallest absolute Gasteiger partial charge is 0.404 e. The predicted molar refractivity (Wildman–Crippen MR) is 165 cm³/mol. The van der Waals surface area contributed by atoms with E-state index in [1.165, 1.54) is 6.07 Å². The van der Waals surface area contributed by atoms with E-state index in [1.807, 2.05) is 24.3 Å². The highest BCUT2D eigenvalue weighted by Crippen LogP contribution is 2.33. The molecule has 15 heteroatoms. The number of nitrogens with zero attached hydrogens (tertiary/aromatic N) is 3. The third-order valence-electron chi connectivity index (χ3n) is 7.93. The van der Waals surface area contributed by atoms with Gasteiger partial charge >= 0.3 is 6.36 Å². The molecular weight excluding hydrogens is 665 g/mol. The van der Waals surface area contributed by atoms with E-state index in [4.69, 9.17) is 14.7 Å². The van der Waals surface area contributed by atoms with Crippen LogP contribution in [-0.4, -0.2) is 82.1 Å². The Morgan fingerprint density at radius 3 is 2.41 bits per heavy atom. The van der Waals surface area contributed by atoms with Gasteiger partial charge in [0.25, 0.3) is 0 Å². The Morgan fingerprint density at radius 1 is 0.977 bits per heavy atom. The van der Waals surface area contributed by atoms with Crippen molar-refractivity contribution in [1.82, 2.24) is 19.6 Å². The molecule has 44 heavy (non-hydrogen) atoms. The molecule has 0 bridgehead atoms. The molecule has 240 valence electrons. The van der Waals surface area contributed by atoms with Crippen molar-refractivity contribution in [3.05, 3.63) is 46.9 Å². The standard InChI is InChI=1S/C29H36BrF3N6O4S/c30-22-9-10-26(25(17-22)43-29(31,32)33)44(40,41)36-19-21-7-5-20(6-8-21)18-35-28-37-24-4-2-1-3-23(24)27(38-28)34-11-12-39-13-15-42-16-14-39/h1-4,9-10,17,20-21,36H,5-8,11-16,18-19H2,(H2,34,35,37,38)/t20-,21-. The van der Waals surface area contributed by atoms with E-state index in [1.54, 1.807) is 0 Å². The first-order chi connectivity index (χ1) is 21.1. The number of nitrogens with one attached hydrogen (secondary N) is 3. The number of hydrogen-bond acceptors (Lipinski definition) is 9. The number of aromatic nitrogens is 2. The highest BCUT2D eigenvalue weighted by atomic mass is 79.9. The van der Waals surface area contributed by atoms with Gasteiger partial charge in [-0.25, -0.2) is 18.1 Å². The van der Waals surface area contributed by atoms with Crippen molar-refractivity contribution in [3.8, 4) is 5.75 Å². The van der Waals surface area contributed by atoms with Gasteiger partial charge in [0.2, 0.25) is 16.0 Å². The zero-order chi connectivity index (χ0) is 31.2. The van der Waals surface area contributed by atoms with Gasteiger partial charge in [-0.1, -0.05) is 28.1 Å². The van der Waals surface area contributed by atoms with Gasteiger partial charge in [-0.2, -0.15) is 4.98 Å². The molecule has 3 aromatic rings. The van der Waals surface area contributed by atoms with E-state index < -0.39 is 27.0 Å². The number of para-hydroxylation sites is 1. The average molecular weight is 702 g/mol. The van der Waals surface area contributed by atoms with Crippen molar-refractivity contribution in [2.24, 2.45) is 11.8 Å². The molecule has 2 aliphatic rings. The molecule has 3 N–H and O–H groups in total. The van der Waals surface area contributed by atoms with Gasteiger partial charge in [-0.05, 0) is 67.9 Å². The number of anilines is 2. The maximum Gasteiger partial charge on any atom is 0.573 e. The first-order valence-corrected chi connectivity index (χ1v) is 16.9. The van der Waals surface area contributed by atoms with E-state index in [2.05, 4.69) is 40.9 Å². The lowest BCUT2D eigenvalue weighted by Crippen LogP contribution is -2.39. The second kappa shape index (κ2) is 14.6. The van der Waals surface area contributed by atoms with Crippen molar-refractivity contribution in [2.45, 2.75) is 36.9 Å². The summed E-state index contributed by atoms with van der Waals surface area (Å²) in [4.78, 5) is 11.3. The lowest BCUT2D eigenvalue weighted by atomic mass is 9.82. The molecule has 2 heterocycles. The van der Waals surface area contributed by atoms with Gasteiger partial charge in [-0.15, -0.1) is 13.2 Å². The molecule has 1 saturated heterocycles. The van der Waals surface area contributed by atoms with Gasteiger partial charge < -0.3 is 20.1 Å². The van der Waals surface area contributed by atoms with E-state index in [0.29, 0.717) is 18.4 Å². The van der Waals surface area contributed by atoms with Crippen molar-refractivity contribution < 1.29 is 31.1 Å². The highest BCUT2D eigenvalue weighted by Gasteiger charge is 2.34. The normalized spacial score (nSPS) is 20.0. The first-order valence-electron chi connectivity index (χ1n) is 14.7. The number of ether oxygens (including phenoxy) is 2. The Labute approximate surface area is 263 Å². The van der Waals surface area contributed by atoms with Crippen LogP contribution in [0, 0.1) is 11.8 Å². The summed E-state index contributed by atoms with van der Waals surface area (Å²) in [5.41, 5.74) is 0.851. The van der Waals surface area contributed by atoms with E-state index in [0.717, 1.165) is 93.9 Å². The summed E-state index contributed by atoms with van der Waals surface area (Å²) in [5, 5.41) is 7.84. The number of rotatable bonds is 12. The Morgan fingerprint density at radius 2 is 1.68 bits per heavy atom. The fourth-order valence-corrected chi connectivity index (χ4v) is 7.10. The topological polar surface area (TPSA) is 118 Å². The minimum atomic E-state index is -5.02. The quantitative estimate of drug-likeness (QED) is 0.234. The number of halogens is 4. The first kappa shape index (κ1) is 32.7.